The van der Waals surface area contributed by atoms with Gasteiger partial charge in [0.25, 0.3) is 0 Å². The minimum absolute atomic E-state index is 0.00463. The lowest BCUT2D eigenvalue weighted by atomic mass is 10.2. The van der Waals surface area contributed by atoms with Gasteiger partial charge in [0.2, 0.25) is 0 Å². The van der Waals surface area contributed by atoms with Gasteiger partial charge in [-0.25, -0.2) is 0 Å². The van der Waals surface area contributed by atoms with Gasteiger partial charge in [-0.1, -0.05) is 20.8 Å². The number of esters is 1. The Kier molecular flexibility index (Phi) is 9.93. The first-order valence-electron chi connectivity index (χ1n) is 4.18. The molecular formula is C9H21NO2. The second kappa shape index (κ2) is 8.53. The predicted octanol–water partition coefficient (Wildman–Crippen LogP) is 1.38. The third-order valence-electron chi connectivity index (χ3n) is 1.31. The van der Waals surface area contributed by atoms with E-state index in [1.165, 1.54) is 7.11 Å². The molecule has 0 fully saturated rings. The zero-order valence-electron chi connectivity index (χ0n) is 9.05. The van der Waals surface area contributed by atoms with Crippen molar-refractivity contribution in [2.45, 2.75) is 20.8 Å². The molecular weight excluding hydrogens is 154 g/mol. The summed E-state index contributed by atoms with van der Waals surface area (Å²) in [5.41, 5.74) is 0. The first-order valence-corrected chi connectivity index (χ1v) is 4.18. The van der Waals surface area contributed by atoms with Crippen LogP contribution in [0.4, 0.5) is 0 Å². The van der Waals surface area contributed by atoms with Crippen molar-refractivity contribution in [2.24, 2.45) is 5.92 Å². The molecule has 0 spiro atoms. The molecule has 0 aliphatic carbocycles. The van der Waals surface area contributed by atoms with Crippen molar-refractivity contribution in [3.8, 4) is 0 Å². The number of nitrogens with zero attached hydrogens (tertiary/aromatic N) is 1. The molecule has 0 aromatic carbocycles. The summed E-state index contributed by atoms with van der Waals surface area (Å²) < 4.78 is 4.37. The van der Waals surface area contributed by atoms with Gasteiger partial charge in [-0.3, -0.25) is 4.79 Å². The number of methoxy groups -OCH3 is 1. The molecule has 0 aliphatic rings. The Morgan fingerprint density at radius 2 is 1.75 bits per heavy atom. The molecule has 0 aromatic heterocycles. The molecule has 3 nitrogen and oxygen atoms in total. The topological polar surface area (TPSA) is 29.5 Å². The first-order chi connectivity index (χ1) is 5.45. The number of carbonyl (C=O) groups is 1. The monoisotopic (exact) mass is 175 g/mol. The van der Waals surface area contributed by atoms with Gasteiger partial charge in [0.05, 0.1) is 13.0 Å². The second-order valence-corrected chi connectivity index (χ2v) is 3.07. The highest BCUT2D eigenvalue weighted by atomic mass is 16.5. The second-order valence-electron chi connectivity index (χ2n) is 3.07. The minimum Gasteiger partial charge on any atom is -0.469 e. The van der Waals surface area contributed by atoms with Gasteiger partial charge in [-0.05, 0) is 20.6 Å². The molecule has 0 saturated heterocycles. The van der Waals surface area contributed by atoms with Crippen molar-refractivity contribution >= 4 is 5.97 Å². The van der Waals surface area contributed by atoms with Gasteiger partial charge >= 0.3 is 5.97 Å². The molecule has 0 N–H and O–H groups in total. The average Bonchev–Trinajstić information content (AvgIpc) is 2.04. The van der Waals surface area contributed by atoms with Crippen molar-refractivity contribution in [3.63, 3.8) is 0 Å². The summed E-state index contributed by atoms with van der Waals surface area (Å²) in [4.78, 5) is 12.4. The van der Waals surface area contributed by atoms with Gasteiger partial charge in [-0.15, -0.1) is 0 Å². The summed E-state index contributed by atoms with van der Waals surface area (Å²) in [6.45, 7) is 6.86. The lowest BCUT2D eigenvalue weighted by Gasteiger charge is -2.00. The van der Waals surface area contributed by atoms with Crippen molar-refractivity contribution < 1.29 is 9.53 Å². The predicted molar refractivity (Wildman–Crippen MR) is 51.1 cm³/mol. The summed E-state index contributed by atoms with van der Waals surface area (Å²) in [5.74, 6) is -0.148. The van der Waals surface area contributed by atoms with Gasteiger partial charge in [-0.2, -0.15) is 0 Å². The maximum absolute atomic E-state index is 10.3. The van der Waals surface area contributed by atoms with Crippen molar-refractivity contribution in [2.75, 3.05) is 27.7 Å². The quantitative estimate of drug-likeness (QED) is 0.594. The van der Waals surface area contributed by atoms with E-state index >= 15 is 0 Å². The van der Waals surface area contributed by atoms with Crippen LogP contribution in [0.15, 0.2) is 0 Å². The van der Waals surface area contributed by atoms with Gasteiger partial charge < -0.3 is 9.64 Å². The normalized spacial score (nSPS) is 9.33. The summed E-state index contributed by atoms with van der Waals surface area (Å²) in [5, 5.41) is 0. The zero-order chi connectivity index (χ0) is 10.1. The Balaban J connectivity index is 0. The highest BCUT2D eigenvalue weighted by molar-refractivity contribution is 5.71. The van der Waals surface area contributed by atoms with Crippen LogP contribution in [0.5, 0.6) is 0 Å². The molecule has 74 valence electrons. The van der Waals surface area contributed by atoms with E-state index < -0.39 is 0 Å². The largest absolute Gasteiger partial charge is 0.469 e. The molecule has 0 heterocycles. The fourth-order valence-electron chi connectivity index (χ4n) is 0.236. The average molecular weight is 175 g/mol. The number of carbonyl (C=O) groups excluding carboxylic acids is 1. The van der Waals surface area contributed by atoms with Crippen LogP contribution in [0.3, 0.4) is 0 Å². The van der Waals surface area contributed by atoms with Crippen molar-refractivity contribution in [1.82, 2.24) is 4.90 Å². The lowest BCUT2D eigenvalue weighted by molar-refractivity contribution is -0.144. The fraction of sp³-hybridized carbons (Fsp3) is 0.889. The third-order valence-corrected chi connectivity index (χ3v) is 1.31. The van der Waals surface area contributed by atoms with E-state index in [1.807, 2.05) is 0 Å². The summed E-state index contributed by atoms with van der Waals surface area (Å²) in [6.07, 6.45) is 0. The number of hydrogen-bond donors (Lipinski definition) is 0. The lowest BCUT2D eigenvalue weighted by Crippen LogP contribution is -2.08. The standard InChI is InChI=1S/C5H10O2.C4H11N/c1-4(2)5(6)7-3;1-4-5(2)3/h4H,1-3H3;4H2,1-3H3. The molecule has 0 saturated carbocycles. The van der Waals surface area contributed by atoms with Gasteiger partial charge in [0, 0.05) is 0 Å². The van der Waals surface area contributed by atoms with Crippen LogP contribution in [0.25, 0.3) is 0 Å². The molecule has 0 aliphatic heterocycles. The zero-order valence-corrected chi connectivity index (χ0v) is 9.05. The Morgan fingerprint density at radius 1 is 1.42 bits per heavy atom. The highest BCUT2D eigenvalue weighted by Crippen LogP contribution is 1.91. The van der Waals surface area contributed by atoms with E-state index in [-0.39, 0.29) is 11.9 Å². The maximum Gasteiger partial charge on any atom is 0.308 e. The van der Waals surface area contributed by atoms with Gasteiger partial charge in [0.15, 0.2) is 0 Å². The Labute approximate surface area is 75.7 Å². The molecule has 0 rings (SSSR count). The number of rotatable bonds is 2. The SMILES string of the molecule is CCN(C)C.COC(=O)C(C)C. The molecule has 0 bridgehead atoms. The molecule has 0 amide bonds. The highest BCUT2D eigenvalue weighted by Gasteiger charge is 2.03. The van der Waals surface area contributed by atoms with Crippen molar-refractivity contribution in [1.29, 1.82) is 0 Å². The Morgan fingerprint density at radius 3 is 1.75 bits per heavy atom. The summed E-state index contributed by atoms with van der Waals surface area (Å²) in [7, 11) is 5.50. The third kappa shape index (κ3) is 12.1. The number of ether oxygens (including phenoxy) is 1. The minimum atomic E-state index is -0.153. The van der Waals surface area contributed by atoms with E-state index in [0.717, 1.165) is 6.54 Å². The van der Waals surface area contributed by atoms with Crippen LogP contribution < -0.4 is 0 Å². The van der Waals surface area contributed by atoms with E-state index in [4.69, 9.17) is 0 Å². The van der Waals surface area contributed by atoms with Crippen LogP contribution in [-0.4, -0.2) is 38.6 Å². The van der Waals surface area contributed by atoms with E-state index in [0.29, 0.717) is 0 Å². The Hall–Kier alpha value is -0.570. The molecule has 0 unspecified atom stereocenters. The van der Waals surface area contributed by atoms with Crippen LogP contribution in [0, 0.1) is 5.92 Å². The Bertz CT molecular complexity index is 111. The number of hydrogen-bond acceptors (Lipinski definition) is 3. The smallest absolute Gasteiger partial charge is 0.308 e. The first kappa shape index (κ1) is 14.0. The van der Waals surface area contributed by atoms with Crippen LogP contribution >= 0.6 is 0 Å². The van der Waals surface area contributed by atoms with E-state index in [2.05, 4.69) is 30.7 Å². The summed E-state index contributed by atoms with van der Waals surface area (Å²) in [6, 6.07) is 0. The van der Waals surface area contributed by atoms with E-state index in [9.17, 15) is 4.79 Å². The molecule has 12 heavy (non-hydrogen) atoms. The molecule has 0 atom stereocenters. The molecule has 3 heteroatoms. The van der Waals surface area contributed by atoms with Crippen LogP contribution in [0.1, 0.15) is 20.8 Å². The molecule has 0 radical (unpaired) electrons. The fourth-order valence-corrected chi connectivity index (χ4v) is 0.236. The maximum atomic E-state index is 10.3. The van der Waals surface area contributed by atoms with E-state index in [1.54, 1.807) is 13.8 Å². The molecule has 0 aromatic rings. The van der Waals surface area contributed by atoms with Crippen LogP contribution in [0.2, 0.25) is 0 Å². The van der Waals surface area contributed by atoms with Crippen molar-refractivity contribution in [3.05, 3.63) is 0 Å². The van der Waals surface area contributed by atoms with Crippen LogP contribution in [-0.2, 0) is 9.53 Å². The van der Waals surface area contributed by atoms with Gasteiger partial charge in [0.1, 0.15) is 0 Å². The summed E-state index contributed by atoms with van der Waals surface area (Å²) >= 11 is 0.